The quantitative estimate of drug-likeness (QED) is 0.295. The predicted molar refractivity (Wildman–Crippen MR) is 123 cm³/mol. The average molecular weight is 417 g/mol. The first-order valence-corrected chi connectivity index (χ1v) is 10.8. The molecule has 5 heteroatoms. The SMILES string of the molecule is COC[C@H](C)n1c(SC(c2ccccc2)c2ccccc2)nc2ccccc2c1=O. The lowest BCUT2D eigenvalue weighted by atomic mass is 10.0. The van der Waals surface area contributed by atoms with Crippen molar-refractivity contribution >= 4 is 22.7 Å². The number of rotatable bonds is 7. The molecule has 0 fully saturated rings. The molecule has 0 saturated heterocycles. The molecule has 152 valence electrons. The van der Waals surface area contributed by atoms with Gasteiger partial charge >= 0.3 is 0 Å². The normalized spacial score (nSPS) is 12.4. The van der Waals surface area contributed by atoms with Gasteiger partial charge in [-0.1, -0.05) is 84.6 Å². The zero-order chi connectivity index (χ0) is 20.9. The molecule has 0 spiro atoms. The summed E-state index contributed by atoms with van der Waals surface area (Å²) in [4.78, 5) is 18.3. The van der Waals surface area contributed by atoms with Gasteiger partial charge in [0.2, 0.25) is 0 Å². The maximum Gasteiger partial charge on any atom is 0.262 e. The summed E-state index contributed by atoms with van der Waals surface area (Å²) >= 11 is 1.60. The van der Waals surface area contributed by atoms with Gasteiger partial charge in [0.25, 0.3) is 5.56 Å². The molecule has 0 N–H and O–H groups in total. The molecule has 4 aromatic rings. The van der Waals surface area contributed by atoms with Crippen LogP contribution >= 0.6 is 11.8 Å². The van der Waals surface area contributed by atoms with E-state index in [1.165, 1.54) is 11.1 Å². The Kier molecular flexibility index (Phi) is 6.31. The van der Waals surface area contributed by atoms with Crippen LogP contribution in [0.3, 0.4) is 0 Å². The number of ether oxygens (including phenoxy) is 1. The number of methoxy groups -OCH3 is 1. The van der Waals surface area contributed by atoms with E-state index in [0.717, 1.165) is 0 Å². The van der Waals surface area contributed by atoms with Crippen molar-refractivity contribution in [1.82, 2.24) is 9.55 Å². The molecule has 0 radical (unpaired) electrons. The minimum atomic E-state index is -0.130. The Balaban J connectivity index is 1.88. The second-order valence-corrected chi connectivity index (χ2v) is 8.28. The van der Waals surface area contributed by atoms with Crippen LogP contribution in [0.2, 0.25) is 0 Å². The Labute approximate surface area is 180 Å². The molecule has 4 rings (SSSR count). The van der Waals surface area contributed by atoms with Gasteiger partial charge in [-0.3, -0.25) is 9.36 Å². The Bertz CT molecular complexity index is 1140. The van der Waals surface area contributed by atoms with Crippen LogP contribution in [0.4, 0.5) is 0 Å². The molecule has 3 aromatic carbocycles. The van der Waals surface area contributed by atoms with Crippen LogP contribution in [0.5, 0.6) is 0 Å². The number of aromatic nitrogens is 2. The molecule has 0 amide bonds. The lowest BCUT2D eigenvalue weighted by Crippen LogP contribution is -2.28. The van der Waals surface area contributed by atoms with Crippen molar-refractivity contribution in [3.05, 3.63) is 106 Å². The van der Waals surface area contributed by atoms with Crippen molar-refractivity contribution in [3.8, 4) is 0 Å². The minimum absolute atomic E-state index is 0.0152. The number of nitrogens with zero attached hydrogens (tertiary/aromatic N) is 2. The van der Waals surface area contributed by atoms with Gasteiger partial charge in [0.1, 0.15) is 0 Å². The minimum Gasteiger partial charge on any atom is -0.383 e. The fourth-order valence-electron chi connectivity index (χ4n) is 3.60. The summed E-state index contributed by atoms with van der Waals surface area (Å²) in [5.74, 6) is 0. The highest BCUT2D eigenvalue weighted by molar-refractivity contribution is 7.99. The van der Waals surface area contributed by atoms with Gasteiger partial charge in [0, 0.05) is 7.11 Å². The van der Waals surface area contributed by atoms with E-state index in [0.29, 0.717) is 22.7 Å². The molecular weight excluding hydrogens is 392 g/mol. The van der Waals surface area contributed by atoms with Crippen LogP contribution in [0.15, 0.2) is 94.9 Å². The summed E-state index contributed by atoms with van der Waals surface area (Å²) in [5.41, 5.74) is 3.02. The van der Waals surface area contributed by atoms with Crippen molar-refractivity contribution in [3.63, 3.8) is 0 Å². The Morgan fingerprint density at radius 1 is 0.900 bits per heavy atom. The first-order valence-electron chi connectivity index (χ1n) is 9.96. The zero-order valence-corrected chi connectivity index (χ0v) is 17.9. The van der Waals surface area contributed by atoms with E-state index in [1.54, 1.807) is 23.4 Å². The van der Waals surface area contributed by atoms with E-state index in [2.05, 4.69) is 24.3 Å². The zero-order valence-electron chi connectivity index (χ0n) is 17.1. The van der Waals surface area contributed by atoms with E-state index in [9.17, 15) is 4.79 Å². The number of para-hydroxylation sites is 1. The highest BCUT2D eigenvalue weighted by atomic mass is 32.2. The van der Waals surface area contributed by atoms with E-state index < -0.39 is 0 Å². The summed E-state index contributed by atoms with van der Waals surface area (Å²) in [6.07, 6.45) is 0. The van der Waals surface area contributed by atoms with Crippen molar-refractivity contribution in [2.24, 2.45) is 0 Å². The third-order valence-electron chi connectivity index (χ3n) is 5.05. The number of hydrogen-bond donors (Lipinski definition) is 0. The first-order chi connectivity index (χ1) is 14.7. The summed E-state index contributed by atoms with van der Waals surface area (Å²) in [6.45, 7) is 2.43. The molecule has 1 atom stereocenters. The lowest BCUT2D eigenvalue weighted by molar-refractivity contribution is 0.156. The van der Waals surface area contributed by atoms with Gasteiger partial charge in [-0.15, -0.1) is 0 Å². The van der Waals surface area contributed by atoms with E-state index in [4.69, 9.17) is 9.72 Å². The van der Waals surface area contributed by atoms with Crippen molar-refractivity contribution in [2.75, 3.05) is 13.7 Å². The number of thioether (sulfide) groups is 1. The van der Waals surface area contributed by atoms with Crippen LogP contribution in [0.1, 0.15) is 29.3 Å². The molecule has 0 bridgehead atoms. The molecule has 30 heavy (non-hydrogen) atoms. The Morgan fingerprint density at radius 2 is 1.47 bits per heavy atom. The van der Waals surface area contributed by atoms with Crippen molar-refractivity contribution in [1.29, 1.82) is 0 Å². The second-order valence-electron chi connectivity index (χ2n) is 7.21. The van der Waals surface area contributed by atoms with Crippen LogP contribution in [0.25, 0.3) is 10.9 Å². The van der Waals surface area contributed by atoms with E-state index in [1.807, 2.05) is 67.6 Å². The summed E-state index contributed by atoms with van der Waals surface area (Å²) in [6, 6.07) is 28.1. The Morgan fingerprint density at radius 3 is 2.07 bits per heavy atom. The lowest BCUT2D eigenvalue weighted by Gasteiger charge is -2.23. The Hall–Kier alpha value is -2.89. The summed E-state index contributed by atoms with van der Waals surface area (Å²) in [5, 5.41) is 1.34. The molecule has 0 unspecified atom stereocenters. The molecule has 0 aliphatic heterocycles. The molecule has 0 saturated carbocycles. The van der Waals surface area contributed by atoms with Crippen LogP contribution < -0.4 is 5.56 Å². The van der Waals surface area contributed by atoms with Crippen LogP contribution in [-0.4, -0.2) is 23.3 Å². The van der Waals surface area contributed by atoms with Gasteiger partial charge < -0.3 is 4.74 Å². The van der Waals surface area contributed by atoms with Crippen LogP contribution in [-0.2, 0) is 4.74 Å². The standard InChI is InChI=1S/C25H24N2O2S/c1-18(17-29-2)27-24(28)21-15-9-10-16-22(21)26-25(27)30-23(19-11-5-3-6-12-19)20-13-7-4-8-14-20/h3-16,18,23H,17H2,1-2H3/t18-/m0/s1. The predicted octanol–water partition coefficient (Wildman–Crippen LogP) is 5.49. The fourth-order valence-corrected chi connectivity index (χ4v) is 4.93. The van der Waals surface area contributed by atoms with Crippen molar-refractivity contribution < 1.29 is 4.74 Å². The van der Waals surface area contributed by atoms with E-state index in [-0.39, 0.29) is 16.9 Å². The van der Waals surface area contributed by atoms with Crippen LogP contribution in [0, 0.1) is 0 Å². The summed E-state index contributed by atoms with van der Waals surface area (Å²) < 4.78 is 7.13. The van der Waals surface area contributed by atoms with Crippen molar-refractivity contribution in [2.45, 2.75) is 23.4 Å². The molecular formula is C25H24N2O2S. The number of fused-ring (bicyclic) bond motifs is 1. The van der Waals surface area contributed by atoms with Gasteiger partial charge in [0.15, 0.2) is 5.16 Å². The molecule has 0 aliphatic carbocycles. The van der Waals surface area contributed by atoms with Gasteiger partial charge in [-0.05, 0) is 30.2 Å². The third kappa shape index (κ3) is 4.18. The van der Waals surface area contributed by atoms with E-state index >= 15 is 0 Å². The molecule has 1 aromatic heterocycles. The molecule has 0 aliphatic rings. The maximum atomic E-state index is 13.4. The third-order valence-corrected chi connectivity index (χ3v) is 6.33. The largest absolute Gasteiger partial charge is 0.383 e. The fraction of sp³-hybridized carbons (Fsp3) is 0.200. The van der Waals surface area contributed by atoms with Gasteiger partial charge in [0.05, 0.1) is 28.8 Å². The molecule has 1 heterocycles. The van der Waals surface area contributed by atoms with Gasteiger partial charge in [-0.2, -0.15) is 0 Å². The second kappa shape index (κ2) is 9.28. The smallest absolute Gasteiger partial charge is 0.262 e. The average Bonchev–Trinajstić information content (AvgIpc) is 2.79. The topological polar surface area (TPSA) is 44.1 Å². The number of benzene rings is 3. The highest BCUT2D eigenvalue weighted by Gasteiger charge is 2.22. The maximum absolute atomic E-state index is 13.4. The van der Waals surface area contributed by atoms with Gasteiger partial charge in [-0.25, -0.2) is 4.98 Å². The highest BCUT2D eigenvalue weighted by Crippen LogP contribution is 2.40. The first kappa shape index (κ1) is 20.4. The summed E-state index contributed by atoms with van der Waals surface area (Å²) in [7, 11) is 1.65. The molecule has 4 nitrogen and oxygen atoms in total. The number of hydrogen-bond acceptors (Lipinski definition) is 4. The monoisotopic (exact) mass is 416 g/mol.